The predicted octanol–water partition coefficient (Wildman–Crippen LogP) is 2.09. The number of aromatic amines is 1. The van der Waals surface area contributed by atoms with Gasteiger partial charge in [0.25, 0.3) is 5.56 Å². The van der Waals surface area contributed by atoms with E-state index in [1.807, 2.05) is 18.2 Å². The van der Waals surface area contributed by atoms with Crippen molar-refractivity contribution in [1.29, 1.82) is 0 Å². The molecule has 0 aliphatic rings. The summed E-state index contributed by atoms with van der Waals surface area (Å²) in [4.78, 5) is 39.1. The maximum absolute atomic E-state index is 12.4. The second kappa shape index (κ2) is 8.01. The van der Waals surface area contributed by atoms with Crippen LogP contribution >= 0.6 is 11.6 Å². The number of hydrogen-bond donors (Lipinski definition) is 2. The highest BCUT2D eigenvalue weighted by molar-refractivity contribution is 6.31. The average molecular weight is 372 g/mol. The molecule has 0 fully saturated rings. The molecule has 3 aromatic rings. The molecule has 0 saturated heterocycles. The van der Waals surface area contributed by atoms with Gasteiger partial charge in [-0.25, -0.2) is 4.79 Å². The van der Waals surface area contributed by atoms with Crippen LogP contribution in [0.3, 0.4) is 0 Å². The molecular formula is C19H18ClN3O3. The van der Waals surface area contributed by atoms with Gasteiger partial charge >= 0.3 is 5.69 Å². The van der Waals surface area contributed by atoms with Crippen LogP contribution in [0.4, 0.5) is 0 Å². The van der Waals surface area contributed by atoms with Gasteiger partial charge in [0.15, 0.2) is 0 Å². The second-order valence-corrected chi connectivity index (χ2v) is 6.28. The van der Waals surface area contributed by atoms with Crippen LogP contribution in [0.2, 0.25) is 5.02 Å². The first-order valence-corrected chi connectivity index (χ1v) is 8.66. The van der Waals surface area contributed by atoms with Crippen molar-refractivity contribution in [1.82, 2.24) is 14.9 Å². The number of hydrogen-bond acceptors (Lipinski definition) is 3. The molecule has 134 valence electrons. The van der Waals surface area contributed by atoms with Crippen molar-refractivity contribution in [2.75, 3.05) is 6.54 Å². The van der Waals surface area contributed by atoms with Crippen LogP contribution in [0.25, 0.3) is 10.9 Å². The number of amides is 1. The molecule has 2 aromatic carbocycles. The molecule has 7 heteroatoms. The largest absolute Gasteiger partial charge is 0.356 e. The Morgan fingerprint density at radius 2 is 1.81 bits per heavy atom. The molecule has 1 aromatic heterocycles. The molecule has 0 aliphatic heterocycles. The van der Waals surface area contributed by atoms with Gasteiger partial charge in [-0.3, -0.25) is 14.2 Å². The van der Waals surface area contributed by atoms with Crippen LogP contribution in [-0.2, 0) is 17.8 Å². The van der Waals surface area contributed by atoms with E-state index in [4.69, 9.17) is 11.6 Å². The Balaban J connectivity index is 1.60. The molecule has 1 amide bonds. The Morgan fingerprint density at radius 3 is 2.62 bits per heavy atom. The van der Waals surface area contributed by atoms with E-state index in [1.165, 1.54) is 0 Å². The summed E-state index contributed by atoms with van der Waals surface area (Å²) in [5.41, 5.74) is 0.533. The molecule has 0 aliphatic carbocycles. The van der Waals surface area contributed by atoms with Crippen molar-refractivity contribution in [3.8, 4) is 0 Å². The maximum atomic E-state index is 12.4. The molecule has 0 bridgehead atoms. The van der Waals surface area contributed by atoms with Gasteiger partial charge < -0.3 is 10.3 Å². The Morgan fingerprint density at radius 1 is 1.08 bits per heavy atom. The maximum Gasteiger partial charge on any atom is 0.328 e. The van der Waals surface area contributed by atoms with Crippen molar-refractivity contribution in [2.45, 2.75) is 19.4 Å². The normalized spacial score (nSPS) is 10.8. The molecule has 0 radical (unpaired) electrons. The van der Waals surface area contributed by atoms with Gasteiger partial charge in [0.2, 0.25) is 5.91 Å². The molecule has 0 unspecified atom stereocenters. The van der Waals surface area contributed by atoms with Crippen LogP contribution in [0.15, 0.2) is 58.1 Å². The highest BCUT2D eigenvalue weighted by Gasteiger charge is 2.09. The fourth-order valence-corrected chi connectivity index (χ4v) is 2.97. The summed E-state index contributed by atoms with van der Waals surface area (Å²) in [7, 11) is 0. The molecule has 0 atom stereocenters. The number of nitrogens with zero attached hydrogens (tertiary/aromatic N) is 1. The summed E-state index contributed by atoms with van der Waals surface area (Å²) in [5.74, 6) is -0.225. The number of para-hydroxylation sites is 1. The van der Waals surface area contributed by atoms with Crippen LogP contribution in [0.5, 0.6) is 0 Å². The first-order valence-electron chi connectivity index (χ1n) is 8.28. The summed E-state index contributed by atoms with van der Waals surface area (Å²) >= 11 is 6.07. The molecule has 3 rings (SSSR count). The van der Waals surface area contributed by atoms with Gasteiger partial charge in [-0.1, -0.05) is 41.9 Å². The molecule has 2 N–H and O–H groups in total. The standard InChI is InChI=1S/C19H18ClN3O3/c20-15-7-3-1-5-13(15)9-11-21-17(24)10-12-23-18(25)14-6-2-4-8-16(14)22-19(23)26/h1-8H,9-12H2,(H,21,24)(H,22,26). The zero-order valence-electron chi connectivity index (χ0n) is 14.0. The number of aromatic nitrogens is 2. The van der Waals surface area contributed by atoms with Crippen LogP contribution < -0.4 is 16.6 Å². The highest BCUT2D eigenvalue weighted by atomic mass is 35.5. The molecule has 0 saturated carbocycles. The van der Waals surface area contributed by atoms with E-state index in [0.29, 0.717) is 28.9 Å². The minimum atomic E-state index is -0.516. The zero-order chi connectivity index (χ0) is 18.5. The van der Waals surface area contributed by atoms with E-state index < -0.39 is 11.2 Å². The van der Waals surface area contributed by atoms with E-state index in [0.717, 1.165) is 10.1 Å². The lowest BCUT2D eigenvalue weighted by Crippen LogP contribution is -2.37. The fourth-order valence-electron chi connectivity index (χ4n) is 2.74. The van der Waals surface area contributed by atoms with Gasteiger partial charge in [0.1, 0.15) is 0 Å². The Bertz CT molecular complexity index is 1060. The van der Waals surface area contributed by atoms with E-state index in [-0.39, 0.29) is 18.9 Å². The summed E-state index contributed by atoms with van der Waals surface area (Å²) in [6.07, 6.45) is 0.659. The van der Waals surface area contributed by atoms with E-state index in [9.17, 15) is 14.4 Å². The SMILES string of the molecule is O=C(CCn1c(=O)[nH]c2ccccc2c1=O)NCCc1ccccc1Cl. The molecule has 1 heterocycles. The second-order valence-electron chi connectivity index (χ2n) is 5.87. The molecular weight excluding hydrogens is 354 g/mol. The summed E-state index contributed by atoms with van der Waals surface area (Å²) in [6.45, 7) is 0.461. The van der Waals surface area contributed by atoms with Gasteiger partial charge in [-0.2, -0.15) is 0 Å². The number of rotatable bonds is 6. The summed E-state index contributed by atoms with van der Waals surface area (Å²) in [5, 5.41) is 3.86. The minimum absolute atomic E-state index is 0.0247. The van der Waals surface area contributed by atoms with Crippen molar-refractivity contribution >= 4 is 28.4 Å². The van der Waals surface area contributed by atoms with Gasteiger partial charge in [-0.05, 0) is 30.2 Å². The first kappa shape index (κ1) is 17.9. The number of benzene rings is 2. The van der Waals surface area contributed by atoms with Gasteiger partial charge in [0.05, 0.1) is 10.9 Å². The van der Waals surface area contributed by atoms with E-state index in [1.54, 1.807) is 30.3 Å². The third-order valence-electron chi connectivity index (χ3n) is 4.13. The number of carbonyl (C=O) groups is 1. The summed E-state index contributed by atoms with van der Waals surface area (Å²) < 4.78 is 1.05. The predicted molar refractivity (Wildman–Crippen MR) is 102 cm³/mol. The first-order chi connectivity index (χ1) is 12.6. The quantitative estimate of drug-likeness (QED) is 0.696. The lowest BCUT2D eigenvalue weighted by molar-refractivity contribution is -0.121. The number of halogens is 1. The van der Waals surface area contributed by atoms with Gasteiger partial charge in [-0.15, -0.1) is 0 Å². The summed E-state index contributed by atoms with van der Waals surface area (Å²) in [6, 6.07) is 14.2. The highest BCUT2D eigenvalue weighted by Crippen LogP contribution is 2.14. The Hall–Kier alpha value is -2.86. The van der Waals surface area contributed by atoms with E-state index in [2.05, 4.69) is 10.3 Å². The van der Waals surface area contributed by atoms with Crippen LogP contribution in [0.1, 0.15) is 12.0 Å². The van der Waals surface area contributed by atoms with Crippen LogP contribution in [-0.4, -0.2) is 22.0 Å². The molecule has 26 heavy (non-hydrogen) atoms. The van der Waals surface area contributed by atoms with Gasteiger partial charge in [0, 0.05) is 24.5 Å². The minimum Gasteiger partial charge on any atom is -0.356 e. The van der Waals surface area contributed by atoms with Crippen LogP contribution in [0, 0.1) is 0 Å². The third-order valence-corrected chi connectivity index (χ3v) is 4.49. The number of carbonyl (C=O) groups excluding carboxylic acids is 1. The number of fused-ring (bicyclic) bond motifs is 1. The van der Waals surface area contributed by atoms with Crippen molar-refractivity contribution in [3.05, 3.63) is 80.0 Å². The topological polar surface area (TPSA) is 84.0 Å². The monoisotopic (exact) mass is 371 g/mol. The zero-order valence-corrected chi connectivity index (χ0v) is 14.8. The van der Waals surface area contributed by atoms with Crippen molar-refractivity contribution in [3.63, 3.8) is 0 Å². The van der Waals surface area contributed by atoms with E-state index >= 15 is 0 Å². The van der Waals surface area contributed by atoms with Crippen molar-refractivity contribution < 1.29 is 4.79 Å². The molecule has 6 nitrogen and oxygen atoms in total. The third kappa shape index (κ3) is 4.03. The number of H-pyrrole nitrogens is 1. The number of nitrogens with one attached hydrogen (secondary N) is 2. The lowest BCUT2D eigenvalue weighted by atomic mass is 10.1. The Labute approximate surface area is 154 Å². The molecule has 0 spiro atoms. The fraction of sp³-hybridized carbons (Fsp3) is 0.211. The van der Waals surface area contributed by atoms with Crippen molar-refractivity contribution in [2.24, 2.45) is 0 Å². The Kier molecular flexibility index (Phi) is 5.53. The lowest BCUT2D eigenvalue weighted by Gasteiger charge is -2.08. The average Bonchev–Trinajstić information content (AvgIpc) is 2.63. The smallest absolute Gasteiger partial charge is 0.328 e.